The summed E-state index contributed by atoms with van der Waals surface area (Å²) in [4.78, 5) is 10.8. The number of hydrogen-bond donors (Lipinski definition) is 0. The number of hydrogen-bond acceptors (Lipinski definition) is 2. The summed E-state index contributed by atoms with van der Waals surface area (Å²) in [5.41, 5.74) is -0.924. The van der Waals surface area contributed by atoms with Gasteiger partial charge in [-0.1, -0.05) is 27.4 Å². The van der Waals surface area contributed by atoms with Crippen molar-refractivity contribution in [2.24, 2.45) is 5.41 Å². The number of alkyl halides is 3. The van der Waals surface area contributed by atoms with Gasteiger partial charge >= 0.3 is 12.3 Å². The Morgan fingerprint density at radius 3 is 1.85 bits per heavy atom. The van der Waals surface area contributed by atoms with E-state index in [0.29, 0.717) is 0 Å². The summed E-state index contributed by atoms with van der Waals surface area (Å²) in [5.74, 6) is -1.43. The molecule has 0 N–H and O–H groups in total. The molecule has 13 heavy (non-hydrogen) atoms. The molecular weight excluding hydrogens is 185 g/mol. The topological polar surface area (TPSA) is 26.3 Å². The van der Waals surface area contributed by atoms with Crippen molar-refractivity contribution in [3.8, 4) is 0 Å². The van der Waals surface area contributed by atoms with Crippen molar-refractivity contribution >= 4 is 5.97 Å². The van der Waals surface area contributed by atoms with Crippen LogP contribution in [-0.2, 0) is 9.53 Å². The number of halogens is 3. The Kier molecular flexibility index (Phi) is 3.13. The molecule has 0 radical (unpaired) electrons. The van der Waals surface area contributed by atoms with Crippen LogP contribution in [0.1, 0.15) is 20.8 Å². The van der Waals surface area contributed by atoms with Gasteiger partial charge < -0.3 is 4.74 Å². The first-order valence-corrected chi connectivity index (χ1v) is 3.53. The second-order valence-corrected chi connectivity index (χ2v) is 3.56. The van der Waals surface area contributed by atoms with Gasteiger partial charge in [0.05, 0.1) is 0 Å². The average Bonchev–Trinajstić information content (AvgIpc) is 1.79. The van der Waals surface area contributed by atoms with E-state index in [-0.39, 0.29) is 5.57 Å². The third-order valence-corrected chi connectivity index (χ3v) is 1.36. The van der Waals surface area contributed by atoms with Gasteiger partial charge in [-0.15, -0.1) is 13.2 Å². The first-order chi connectivity index (χ1) is 5.54. The fourth-order valence-corrected chi connectivity index (χ4v) is 0.473. The highest BCUT2D eigenvalue weighted by Crippen LogP contribution is 2.27. The molecule has 0 atom stereocenters. The van der Waals surface area contributed by atoms with Crippen molar-refractivity contribution in [1.29, 1.82) is 0 Å². The maximum atomic E-state index is 11.6. The highest BCUT2D eigenvalue weighted by molar-refractivity contribution is 5.89. The summed E-state index contributed by atoms with van der Waals surface area (Å²) in [6.45, 7) is 7.96. The van der Waals surface area contributed by atoms with Gasteiger partial charge in [0.1, 0.15) is 0 Å². The molecule has 0 aliphatic carbocycles. The smallest absolute Gasteiger partial charge is 0.369 e. The van der Waals surface area contributed by atoms with Gasteiger partial charge in [-0.25, -0.2) is 4.79 Å². The second-order valence-electron chi connectivity index (χ2n) is 3.56. The highest BCUT2D eigenvalue weighted by Gasteiger charge is 2.36. The van der Waals surface area contributed by atoms with E-state index in [9.17, 15) is 18.0 Å². The number of carbonyl (C=O) groups is 1. The predicted octanol–water partition coefficient (Wildman–Crippen LogP) is 2.65. The predicted molar refractivity (Wildman–Crippen MR) is 40.7 cm³/mol. The van der Waals surface area contributed by atoms with Crippen molar-refractivity contribution in [2.75, 3.05) is 0 Å². The molecule has 0 rings (SSSR count). The summed E-state index contributed by atoms with van der Waals surface area (Å²) in [5, 5.41) is 0. The average molecular weight is 196 g/mol. The normalized spacial score (nSPS) is 12.5. The van der Waals surface area contributed by atoms with Crippen LogP contribution in [-0.4, -0.2) is 12.3 Å². The Labute approximate surface area is 74.4 Å². The standard InChI is InChI=1S/C8H11F3O2/c1-5(7(2,3)4)6(12)13-8(9,10)11/h1H2,2-4H3. The van der Waals surface area contributed by atoms with Crippen molar-refractivity contribution in [1.82, 2.24) is 0 Å². The Balaban J connectivity index is 4.40. The quantitative estimate of drug-likeness (QED) is 0.476. The zero-order chi connectivity index (χ0) is 10.9. The molecule has 0 heterocycles. The van der Waals surface area contributed by atoms with E-state index < -0.39 is 17.7 Å². The molecule has 0 saturated heterocycles. The summed E-state index contributed by atoms with van der Waals surface area (Å²) in [6.07, 6.45) is -4.94. The summed E-state index contributed by atoms with van der Waals surface area (Å²) in [7, 11) is 0. The lowest BCUT2D eigenvalue weighted by Gasteiger charge is -2.20. The molecule has 0 aromatic rings. The van der Waals surface area contributed by atoms with Crippen LogP contribution in [0.25, 0.3) is 0 Å². The Hall–Kier alpha value is -1.00. The minimum Gasteiger partial charge on any atom is -0.369 e. The van der Waals surface area contributed by atoms with E-state index in [0.717, 1.165) is 0 Å². The zero-order valence-corrected chi connectivity index (χ0v) is 7.66. The molecule has 76 valence electrons. The van der Waals surface area contributed by atoms with Gasteiger partial charge in [-0.05, 0) is 5.41 Å². The van der Waals surface area contributed by atoms with Gasteiger partial charge in [0.15, 0.2) is 0 Å². The van der Waals surface area contributed by atoms with Crippen molar-refractivity contribution < 1.29 is 22.7 Å². The van der Waals surface area contributed by atoms with Crippen LogP contribution < -0.4 is 0 Å². The number of ether oxygens (including phenoxy) is 1. The lowest BCUT2D eigenvalue weighted by Crippen LogP contribution is -2.25. The summed E-state index contributed by atoms with van der Waals surface area (Å²) in [6, 6.07) is 0. The number of esters is 1. The molecule has 0 aliphatic rings. The molecule has 5 heteroatoms. The Bertz CT molecular complexity index is 223. The van der Waals surface area contributed by atoms with Crippen LogP contribution in [0.15, 0.2) is 12.2 Å². The fraction of sp³-hybridized carbons (Fsp3) is 0.625. The summed E-state index contributed by atoms with van der Waals surface area (Å²) >= 11 is 0. The van der Waals surface area contributed by atoms with Gasteiger partial charge in [-0.3, -0.25) is 0 Å². The van der Waals surface area contributed by atoms with Gasteiger partial charge in [0.2, 0.25) is 0 Å². The molecule has 0 unspecified atom stereocenters. The molecule has 0 aromatic heterocycles. The molecular formula is C8H11F3O2. The summed E-state index contributed by atoms with van der Waals surface area (Å²) < 4.78 is 37.9. The Morgan fingerprint density at radius 1 is 1.23 bits per heavy atom. The van der Waals surface area contributed by atoms with E-state index >= 15 is 0 Å². The highest BCUT2D eigenvalue weighted by atomic mass is 19.4. The van der Waals surface area contributed by atoms with Gasteiger partial charge in [-0.2, -0.15) is 0 Å². The molecule has 0 aliphatic heterocycles. The second kappa shape index (κ2) is 3.40. The Morgan fingerprint density at radius 2 is 1.62 bits per heavy atom. The SMILES string of the molecule is C=C(C(=O)OC(F)(F)F)C(C)(C)C. The van der Waals surface area contributed by atoms with Crippen molar-refractivity contribution in [2.45, 2.75) is 27.1 Å². The molecule has 0 fully saturated rings. The zero-order valence-electron chi connectivity index (χ0n) is 7.66. The van der Waals surface area contributed by atoms with Crippen LogP contribution in [0.3, 0.4) is 0 Å². The minimum absolute atomic E-state index is 0.204. The molecule has 0 spiro atoms. The largest absolute Gasteiger partial charge is 0.575 e. The number of rotatable bonds is 1. The van der Waals surface area contributed by atoms with Crippen LogP contribution in [0.5, 0.6) is 0 Å². The van der Waals surface area contributed by atoms with E-state index in [1.165, 1.54) is 0 Å². The fourth-order valence-electron chi connectivity index (χ4n) is 0.473. The monoisotopic (exact) mass is 196 g/mol. The lowest BCUT2D eigenvalue weighted by atomic mass is 9.88. The molecule has 0 amide bonds. The molecule has 0 saturated carbocycles. The third kappa shape index (κ3) is 4.55. The maximum absolute atomic E-state index is 11.6. The minimum atomic E-state index is -4.94. The van der Waals surface area contributed by atoms with Gasteiger partial charge in [0, 0.05) is 5.57 Å². The van der Waals surface area contributed by atoms with E-state index in [2.05, 4.69) is 11.3 Å². The number of carbonyl (C=O) groups excluding carboxylic acids is 1. The van der Waals surface area contributed by atoms with Crippen molar-refractivity contribution in [3.05, 3.63) is 12.2 Å². The molecule has 2 nitrogen and oxygen atoms in total. The van der Waals surface area contributed by atoms with Gasteiger partial charge in [0.25, 0.3) is 0 Å². The van der Waals surface area contributed by atoms with Crippen LogP contribution in [0.2, 0.25) is 0 Å². The third-order valence-electron chi connectivity index (χ3n) is 1.36. The molecule has 0 aromatic carbocycles. The van der Waals surface area contributed by atoms with E-state index in [1.807, 2.05) is 0 Å². The first kappa shape index (κ1) is 12.0. The van der Waals surface area contributed by atoms with E-state index in [4.69, 9.17) is 0 Å². The van der Waals surface area contributed by atoms with Crippen LogP contribution in [0, 0.1) is 5.41 Å². The molecule has 0 bridgehead atoms. The van der Waals surface area contributed by atoms with Crippen molar-refractivity contribution in [3.63, 3.8) is 0 Å². The first-order valence-electron chi connectivity index (χ1n) is 3.53. The van der Waals surface area contributed by atoms with Crippen LogP contribution in [0.4, 0.5) is 13.2 Å². The lowest BCUT2D eigenvalue weighted by molar-refractivity contribution is -0.303. The maximum Gasteiger partial charge on any atom is 0.575 e. The van der Waals surface area contributed by atoms with E-state index in [1.54, 1.807) is 20.8 Å². The van der Waals surface area contributed by atoms with Crippen LogP contribution >= 0.6 is 0 Å².